The summed E-state index contributed by atoms with van der Waals surface area (Å²) in [6.07, 6.45) is 0. The van der Waals surface area contributed by atoms with Crippen molar-refractivity contribution in [3.63, 3.8) is 0 Å². The average molecular weight is 791 g/mol. The Morgan fingerprint density at radius 2 is 0.952 bits per heavy atom. The highest BCUT2D eigenvalue weighted by Crippen LogP contribution is 2.26. The molecule has 2 aromatic carbocycles. The van der Waals surface area contributed by atoms with Gasteiger partial charge in [0.1, 0.15) is 23.3 Å². The fraction of sp³-hybridized carbons (Fsp3) is 0.462. The van der Waals surface area contributed by atoms with E-state index in [2.05, 4.69) is 41.3 Å². The number of carbonyl (C=O) groups is 2. The van der Waals surface area contributed by atoms with Gasteiger partial charge in [0.2, 0.25) is 20.0 Å². The van der Waals surface area contributed by atoms with Crippen LogP contribution in [0.15, 0.2) is 67.3 Å². The second-order valence-corrected chi connectivity index (χ2v) is 18.7. The van der Waals surface area contributed by atoms with Crippen molar-refractivity contribution in [1.82, 2.24) is 9.44 Å². The van der Waals surface area contributed by atoms with Gasteiger partial charge in [-0.2, -0.15) is 9.44 Å². The summed E-state index contributed by atoms with van der Waals surface area (Å²) >= 11 is 6.52. The van der Waals surface area contributed by atoms with E-state index in [9.17, 15) is 26.4 Å². The summed E-state index contributed by atoms with van der Waals surface area (Å²) in [7, 11) is -6.02. The van der Waals surface area contributed by atoms with Crippen LogP contribution in [0.2, 0.25) is 0 Å². The molecule has 42 heavy (non-hydrogen) atoms. The van der Waals surface area contributed by atoms with E-state index in [1.165, 1.54) is 24.3 Å². The smallest absolute Gasteiger partial charge is 0.325 e. The summed E-state index contributed by atoms with van der Waals surface area (Å²) in [5, 5.41) is 0. The number of carbonyl (C=O) groups excluding carboxylic acids is 2. The summed E-state index contributed by atoms with van der Waals surface area (Å²) in [5.41, 5.74) is -1.74. The van der Waals surface area contributed by atoms with Gasteiger partial charge >= 0.3 is 11.9 Å². The molecule has 10 nitrogen and oxygen atoms in total. The third-order valence-electron chi connectivity index (χ3n) is 4.78. The lowest BCUT2D eigenvalue weighted by molar-refractivity contribution is -0.157. The second kappa shape index (κ2) is 15.2. The molecule has 0 fully saturated rings. The first kappa shape index (κ1) is 37.0. The summed E-state index contributed by atoms with van der Waals surface area (Å²) in [5.74, 6) is -1.71. The molecule has 0 aromatic heterocycles. The van der Waals surface area contributed by atoms with Crippen LogP contribution in [0.4, 0.5) is 0 Å². The van der Waals surface area contributed by atoms with Gasteiger partial charge in [0.15, 0.2) is 0 Å². The molecule has 0 aliphatic heterocycles. The fourth-order valence-corrected chi connectivity index (χ4v) is 8.42. The number of rotatable bonds is 13. The lowest BCUT2D eigenvalue weighted by atomic mass is 10.2. The van der Waals surface area contributed by atoms with E-state index >= 15 is 0 Å². The van der Waals surface area contributed by atoms with E-state index in [0.717, 1.165) is 21.6 Å². The van der Waals surface area contributed by atoms with Crippen molar-refractivity contribution in [3.05, 3.63) is 57.5 Å². The molecule has 2 atom stereocenters. The highest BCUT2D eigenvalue weighted by molar-refractivity contribution is 9.10. The van der Waals surface area contributed by atoms with Crippen molar-refractivity contribution in [3.8, 4) is 0 Å². The number of hydrogen-bond acceptors (Lipinski definition) is 10. The van der Waals surface area contributed by atoms with E-state index < -0.39 is 55.3 Å². The molecule has 1 unspecified atom stereocenters. The number of ether oxygens (including phenoxy) is 2. The Bertz CT molecular complexity index is 1330. The Labute approximate surface area is 272 Å². The number of esters is 2. The first-order valence-electron chi connectivity index (χ1n) is 12.4. The Kier molecular flexibility index (Phi) is 13.4. The molecular formula is C26H34Br2N2O8S4. The summed E-state index contributed by atoms with van der Waals surface area (Å²) < 4.78 is 69.1. The van der Waals surface area contributed by atoms with Crippen LogP contribution in [0.3, 0.4) is 0 Å². The van der Waals surface area contributed by atoms with Crippen LogP contribution < -0.4 is 9.44 Å². The quantitative estimate of drug-likeness (QED) is 0.157. The molecule has 0 saturated heterocycles. The van der Waals surface area contributed by atoms with Gasteiger partial charge in [-0.1, -0.05) is 53.4 Å². The molecule has 2 rings (SSSR count). The van der Waals surface area contributed by atoms with E-state index in [4.69, 9.17) is 9.47 Å². The molecule has 0 radical (unpaired) electrons. The summed E-state index contributed by atoms with van der Waals surface area (Å²) in [6.45, 7) is 9.98. The minimum absolute atomic E-state index is 0.0377. The zero-order valence-corrected chi connectivity index (χ0v) is 30.3. The molecular weight excluding hydrogens is 756 g/mol. The van der Waals surface area contributed by atoms with Gasteiger partial charge in [0, 0.05) is 20.5 Å². The molecule has 234 valence electrons. The van der Waals surface area contributed by atoms with Crippen LogP contribution in [-0.4, -0.2) is 63.6 Å². The lowest BCUT2D eigenvalue weighted by Crippen LogP contribution is -2.46. The van der Waals surface area contributed by atoms with E-state index in [1.807, 2.05) is 0 Å². The zero-order chi connectivity index (χ0) is 31.9. The standard InChI is InChI=1S/C26H34Br2N2O8S4/c1-25(2,3)37-23(31)21(29-41(33,34)19-11-7-17(27)8-12-19)15-39-40-16-22(24(32)38-26(4,5)6)30-42(35,36)20-13-9-18(28)10-14-20/h7-14,21-22,29-30H,15-16H2,1-6H3/t21-,22?/m0/s1. The first-order valence-corrected chi connectivity index (χ1v) is 19.5. The number of nitrogens with one attached hydrogen (secondary N) is 2. The van der Waals surface area contributed by atoms with Crippen molar-refractivity contribution in [1.29, 1.82) is 0 Å². The zero-order valence-electron chi connectivity index (χ0n) is 23.8. The van der Waals surface area contributed by atoms with Crippen molar-refractivity contribution in [2.75, 3.05) is 11.5 Å². The Morgan fingerprint density at radius 1 is 0.667 bits per heavy atom. The monoisotopic (exact) mass is 788 g/mol. The third-order valence-corrected chi connectivity index (χ3v) is 11.2. The molecule has 0 aliphatic carbocycles. The number of benzene rings is 2. The van der Waals surface area contributed by atoms with E-state index in [0.29, 0.717) is 8.95 Å². The highest BCUT2D eigenvalue weighted by atomic mass is 79.9. The van der Waals surface area contributed by atoms with Crippen LogP contribution in [0, 0.1) is 0 Å². The number of hydrogen-bond donors (Lipinski definition) is 2. The predicted octanol–water partition coefficient (Wildman–Crippen LogP) is 5.27. The van der Waals surface area contributed by atoms with Gasteiger partial charge in [-0.15, -0.1) is 0 Å². The van der Waals surface area contributed by atoms with Crippen molar-refractivity contribution in [2.45, 2.75) is 74.6 Å². The van der Waals surface area contributed by atoms with Crippen LogP contribution in [0.1, 0.15) is 41.5 Å². The van der Waals surface area contributed by atoms with Crippen LogP contribution in [0.5, 0.6) is 0 Å². The van der Waals surface area contributed by atoms with Gasteiger partial charge in [-0.3, -0.25) is 9.59 Å². The molecule has 0 heterocycles. The molecule has 16 heteroatoms. The molecule has 2 N–H and O–H groups in total. The van der Waals surface area contributed by atoms with Gasteiger partial charge in [0.05, 0.1) is 9.79 Å². The van der Waals surface area contributed by atoms with Gasteiger partial charge < -0.3 is 9.47 Å². The topological polar surface area (TPSA) is 145 Å². The van der Waals surface area contributed by atoms with Crippen LogP contribution >= 0.6 is 53.4 Å². The molecule has 0 amide bonds. The molecule has 2 aromatic rings. The van der Waals surface area contributed by atoms with E-state index in [1.54, 1.807) is 65.8 Å². The minimum atomic E-state index is -4.09. The van der Waals surface area contributed by atoms with E-state index in [-0.39, 0.29) is 21.3 Å². The van der Waals surface area contributed by atoms with Crippen molar-refractivity contribution < 1.29 is 35.9 Å². The fourth-order valence-electron chi connectivity index (χ4n) is 3.02. The molecule has 0 aliphatic rings. The van der Waals surface area contributed by atoms with Crippen molar-refractivity contribution in [2.24, 2.45) is 0 Å². The maximum absolute atomic E-state index is 13.0. The Balaban J connectivity index is 2.19. The van der Waals surface area contributed by atoms with Crippen molar-refractivity contribution >= 4 is 85.4 Å². The summed E-state index contributed by atoms with van der Waals surface area (Å²) in [6, 6.07) is 9.28. The maximum Gasteiger partial charge on any atom is 0.325 e. The first-order chi connectivity index (χ1) is 19.2. The largest absolute Gasteiger partial charge is 0.459 e. The second-order valence-electron chi connectivity index (χ2n) is 10.9. The average Bonchev–Trinajstić information content (AvgIpc) is 2.83. The highest BCUT2D eigenvalue weighted by Gasteiger charge is 2.32. The van der Waals surface area contributed by atoms with Crippen LogP contribution in [-0.2, 0) is 39.1 Å². The molecule has 0 bridgehead atoms. The van der Waals surface area contributed by atoms with Gasteiger partial charge in [0.25, 0.3) is 0 Å². The number of halogens is 2. The lowest BCUT2D eigenvalue weighted by Gasteiger charge is -2.25. The van der Waals surface area contributed by atoms with Gasteiger partial charge in [-0.25, -0.2) is 16.8 Å². The SMILES string of the molecule is CC(C)(C)OC(=O)C(CSSC[C@H](NS(=O)(=O)c1ccc(Br)cc1)C(=O)OC(C)(C)C)NS(=O)(=O)c1ccc(Br)cc1. The summed E-state index contributed by atoms with van der Waals surface area (Å²) in [4.78, 5) is 25.8. The minimum Gasteiger partial charge on any atom is -0.459 e. The number of sulfonamides is 2. The normalized spacial score (nSPS) is 14.2. The Hall–Kier alpha value is -1.14. The van der Waals surface area contributed by atoms with Gasteiger partial charge in [-0.05, 0) is 90.1 Å². The Morgan fingerprint density at radius 3 is 1.21 bits per heavy atom. The maximum atomic E-state index is 13.0. The third kappa shape index (κ3) is 12.8. The predicted molar refractivity (Wildman–Crippen MR) is 173 cm³/mol. The molecule has 0 spiro atoms. The van der Waals surface area contributed by atoms with Crippen LogP contribution in [0.25, 0.3) is 0 Å². The molecule has 0 saturated carbocycles.